The van der Waals surface area contributed by atoms with Crippen LogP contribution < -0.4 is 0 Å². The molecule has 1 aliphatic heterocycles. The summed E-state index contributed by atoms with van der Waals surface area (Å²) in [6, 6.07) is 1.55. The van der Waals surface area contributed by atoms with Gasteiger partial charge in [0.05, 0.1) is 18.2 Å². The molecule has 0 saturated carbocycles. The third-order valence-corrected chi connectivity index (χ3v) is 3.61. The molecular formula is C14H15ClFN3O2. The third-order valence-electron chi connectivity index (χ3n) is 3.29. The zero-order chi connectivity index (χ0) is 15.3. The van der Waals surface area contributed by atoms with E-state index in [4.69, 9.17) is 20.9 Å². The van der Waals surface area contributed by atoms with Crippen molar-refractivity contribution in [3.63, 3.8) is 0 Å². The Morgan fingerprint density at radius 1 is 1.33 bits per heavy atom. The lowest BCUT2D eigenvalue weighted by Gasteiger charge is -2.34. The first-order valence-electron chi connectivity index (χ1n) is 6.57. The Morgan fingerprint density at radius 2 is 2.05 bits per heavy atom. The van der Waals surface area contributed by atoms with Crippen molar-refractivity contribution in [1.29, 1.82) is 0 Å². The van der Waals surface area contributed by atoms with Gasteiger partial charge in [-0.05, 0) is 6.07 Å². The lowest BCUT2D eigenvalue weighted by molar-refractivity contribution is -0.135. The predicted molar refractivity (Wildman–Crippen MR) is 74.8 cm³/mol. The smallest absolute Gasteiger partial charge is 0.232 e. The van der Waals surface area contributed by atoms with Crippen LogP contribution >= 0.6 is 11.6 Å². The standard InChI is InChI=1S/C14H15ClFN3O2/c1-13(2,3)12-18-11(19-21-12)10-4-9(15)8(5-17-10)14(16)6-20-7-14/h4-5H,6-7H2,1-3H3. The normalized spacial score (nSPS) is 17.6. The largest absolute Gasteiger partial charge is 0.374 e. The number of nitrogens with zero attached hydrogens (tertiary/aromatic N) is 3. The molecule has 1 aliphatic rings. The molecule has 0 N–H and O–H groups in total. The maximum atomic E-state index is 14.3. The van der Waals surface area contributed by atoms with Crippen molar-refractivity contribution in [1.82, 2.24) is 15.1 Å². The minimum atomic E-state index is -1.55. The van der Waals surface area contributed by atoms with Crippen LogP contribution in [0, 0.1) is 0 Å². The number of rotatable bonds is 2. The van der Waals surface area contributed by atoms with Gasteiger partial charge >= 0.3 is 0 Å². The van der Waals surface area contributed by atoms with Gasteiger partial charge in [-0.25, -0.2) is 4.39 Å². The van der Waals surface area contributed by atoms with Gasteiger partial charge < -0.3 is 9.26 Å². The van der Waals surface area contributed by atoms with Gasteiger partial charge in [-0.2, -0.15) is 4.98 Å². The molecule has 5 nitrogen and oxygen atoms in total. The minimum absolute atomic E-state index is 0.00410. The number of pyridine rings is 1. The highest BCUT2D eigenvalue weighted by Gasteiger charge is 2.42. The quantitative estimate of drug-likeness (QED) is 0.851. The van der Waals surface area contributed by atoms with Crippen LogP contribution in [-0.4, -0.2) is 28.3 Å². The second kappa shape index (κ2) is 4.74. The fraction of sp³-hybridized carbons (Fsp3) is 0.500. The molecule has 21 heavy (non-hydrogen) atoms. The lowest BCUT2D eigenvalue weighted by atomic mass is 9.95. The van der Waals surface area contributed by atoms with Gasteiger partial charge in [-0.3, -0.25) is 4.98 Å². The molecule has 0 spiro atoms. The SMILES string of the molecule is CC(C)(C)c1nc(-c2cc(Cl)c(C3(F)COC3)cn2)no1. The molecule has 0 unspecified atom stereocenters. The summed E-state index contributed by atoms with van der Waals surface area (Å²) >= 11 is 6.15. The molecule has 3 rings (SSSR count). The molecule has 7 heteroatoms. The Morgan fingerprint density at radius 3 is 2.52 bits per heavy atom. The summed E-state index contributed by atoms with van der Waals surface area (Å²) in [6.07, 6.45) is 1.41. The van der Waals surface area contributed by atoms with Gasteiger partial charge in [-0.15, -0.1) is 0 Å². The fourth-order valence-electron chi connectivity index (χ4n) is 1.95. The molecule has 0 amide bonds. The summed E-state index contributed by atoms with van der Waals surface area (Å²) < 4.78 is 24.4. The van der Waals surface area contributed by atoms with Crippen molar-refractivity contribution < 1.29 is 13.7 Å². The number of aromatic nitrogens is 3. The summed E-state index contributed by atoms with van der Waals surface area (Å²) in [6.45, 7) is 5.92. The Hall–Kier alpha value is -1.53. The van der Waals surface area contributed by atoms with Crippen molar-refractivity contribution in [3.05, 3.63) is 28.7 Å². The van der Waals surface area contributed by atoms with Gasteiger partial charge in [-0.1, -0.05) is 37.5 Å². The number of alkyl halides is 1. The monoisotopic (exact) mass is 311 g/mol. The Labute approximate surface area is 126 Å². The van der Waals surface area contributed by atoms with Crippen LogP contribution in [0.15, 0.2) is 16.8 Å². The summed E-state index contributed by atoms with van der Waals surface area (Å²) in [5.74, 6) is 0.847. The highest BCUT2D eigenvalue weighted by atomic mass is 35.5. The van der Waals surface area contributed by atoms with Crippen LogP contribution in [0.25, 0.3) is 11.5 Å². The number of hydrogen-bond donors (Lipinski definition) is 0. The maximum Gasteiger partial charge on any atom is 0.232 e. The van der Waals surface area contributed by atoms with Crippen LogP contribution in [0.2, 0.25) is 5.02 Å². The number of hydrogen-bond acceptors (Lipinski definition) is 5. The van der Waals surface area contributed by atoms with E-state index in [1.54, 1.807) is 6.07 Å². The highest BCUT2D eigenvalue weighted by molar-refractivity contribution is 6.31. The Balaban J connectivity index is 1.93. The van der Waals surface area contributed by atoms with E-state index in [-0.39, 0.29) is 23.7 Å². The van der Waals surface area contributed by atoms with Gasteiger partial charge in [0.25, 0.3) is 0 Å². The summed E-state index contributed by atoms with van der Waals surface area (Å²) in [4.78, 5) is 8.49. The molecule has 0 atom stereocenters. The molecule has 0 aliphatic carbocycles. The van der Waals surface area contributed by atoms with E-state index in [2.05, 4.69) is 15.1 Å². The second-order valence-electron chi connectivity index (χ2n) is 6.18. The maximum absolute atomic E-state index is 14.3. The van der Waals surface area contributed by atoms with E-state index in [0.717, 1.165) is 0 Å². The minimum Gasteiger partial charge on any atom is -0.374 e. The molecule has 0 radical (unpaired) electrons. The van der Waals surface area contributed by atoms with E-state index < -0.39 is 5.67 Å². The third kappa shape index (κ3) is 2.53. The van der Waals surface area contributed by atoms with E-state index in [9.17, 15) is 4.39 Å². The number of halogens is 2. The zero-order valence-corrected chi connectivity index (χ0v) is 12.7. The van der Waals surface area contributed by atoms with Crippen LogP contribution in [-0.2, 0) is 15.8 Å². The fourth-order valence-corrected chi connectivity index (χ4v) is 2.27. The van der Waals surface area contributed by atoms with E-state index in [1.807, 2.05) is 20.8 Å². The molecular weight excluding hydrogens is 297 g/mol. The molecule has 0 aromatic carbocycles. The highest BCUT2D eigenvalue weighted by Crippen LogP contribution is 2.38. The van der Waals surface area contributed by atoms with Crippen LogP contribution in [0.4, 0.5) is 4.39 Å². The van der Waals surface area contributed by atoms with Crippen molar-refractivity contribution in [2.45, 2.75) is 31.9 Å². The average molecular weight is 312 g/mol. The van der Waals surface area contributed by atoms with Crippen LogP contribution in [0.3, 0.4) is 0 Å². The van der Waals surface area contributed by atoms with E-state index >= 15 is 0 Å². The molecule has 1 fully saturated rings. The first-order chi connectivity index (χ1) is 9.79. The van der Waals surface area contributed by atoms with E-state index in [1.165, 1.54) is 6.20 Å². The van der Waals surface area contributed by atoms with Crippen molar-refractivity contribution in [2.75, 3.05) is 13.2 Å². The summed E-state index contributed by atoms with van der Waals surface area (Å²) in [5.41, 5.74) is -1.01. The van der Waals surface area contributed by atoms with Crippen LogP contribution in [0.5, 0.6) is 0 Å². The zero-order valence-electron chi connectivity index (χ0n) is 12.0. The van der Waals surface area contributed by atoms with Gasteiger partial charge in [0.1, 0.15) is 5.69 Å². The van der Waals surface area contributed by atoms with Crippen LogP contribution in [0.1, 0.15) is 32.2 Å². The van der Waals surface area contributed by atoms with Crippen molar-refractivity contribution in [2.24, 2.45) is 0 Å². The first-order valence-corrected chi connectivity index (χ1v) is 6.95. The Kier molecular flexibility index (Phi) is 3.26. The average Bonchev–Trinajstić information content (AvgIpc) is 2.85. The molecule has 3 heterocycles. The van der Waals surface area contributed by atoms with E-state index in [0.29, 0.717) is 23.0 Å². The number of ether oxygens (including phenoxy) is 1. The van der Waals surface area contributed by atoms with Gasteiger partial charge in [0, 0.05) is 17.2 Å². The van der Waals surface area contributed by atoms with Crippen molar-refractivity contribution >= 4 is 11.6 Å². The molecule has 2 aromatic heterocycles. The van der Waals surface area contributed by atoms with Gasteiger partial charge in [0.15, 0.2) is 5.67 Å². The molecule has 1 saturated heterocycles. The van der Waals surface area contributed by atoms with Crippen molar-refractivity contribution in [3.8, 4) is 11.5 Å². The van der Waals surface area contributed by atoms with Gasteiger partial charge in [0.2, 0.25) is 11.7 Å². The second-order valence-corrected chi connectivity index (χ2v) is 6.59. The molecule has 0 bridgehead atoms. The predicted octanol–water partition coefficient (Wildman–Crippen LogP) is 3.28. The summed E-state index contributed by atoms with van der Waals surface area (Å²) in [7, 11) is 0. The molecule has 2 aromatic rings. The first kappa shape index (κ1) is 14.4. The molecule has 112 valence electrons. The lowest BCUT2D eigenvalue weighted by Crippen LogP contribution is -2.42. The Bertz CT molecular complexity index is 677. The summed E-state index contributed by atoms with van der Waals surface area (Å²) in [5, 5.41) is 4.18. The topological polar surface area (TPSA) is 61.0 Å².